The maximum absolute atomic E-state index is 13.6. The third-order valence-corrected chi connectivity index (χ3v) is 7.82. The molecular weight excluding hydrogens is 558 g/mol. The van der Waals surface area contributed by atoms with Crippen molar-refractivity contribution in [2.45, 2.75) is 6.42 Å². The predicted molar refractivity (Wildman–Crippen MR) is 151 cm³/mol. The Morgan fingerprint density at radius 2 is 1.67 bits per heavy atom. The van der Waals surface area contributed by atoms with Gasteiger partial charge in [0, 0.05) is 22.3 Å². The molecule has 1 N–H and O–H groups in total. The summed E-state index contributed by atoms with van der Waals surface area (Å²) in [4.78, 5) is 43.1. The number of carbonyl (C=O) groups excluding carboxylic acids is 3. The lowest BCUT2D eigenvalue weighted by molar-refractivity contribution is -0.122. The number of anilines is 2. The number of carbonyl (C=O) groups is 3. The van der Waals surface area contributed by atoms with E-state index in [9.17, 15) is 14.4 Å². The highest BCUT2D eigenvalue weighted by molar-refractivity contribution is 9.10. The zero-order chi connectivity index (χ0) is 25.2. The molecule has 3 aromatic rings. The number of nitrogens with zero attached hydrogens (tertiary/aromatic N) is 2. The van der Waals surface area contributed by atoms with E-state index in [0.29, 0.717) is 44.7 Å². The van der Waals surface area contributed by atoms with Crippen molar-refractivity contribution in [3.8, 4) is 0 Å². The Kier molecular flexibility index (Phi) is 7.04. The predicted octanol–water partition coefficient (Wildman–Crippen LogP) is 5.25. The Balaban J connectivity index is 1.39. The van der Waals surface area contributed by atoms with Gasteiger partial charge in [0.15, 0.2) is 0 Å². The number of thioether (sulfide) groups is 1. The molecule has 6 nitrogen and oxygen atoms in total. The third-order valence-electron chi connectivity index (χ3n) is 5.88. The van der Waals surface area contributed by atoms with Crippen LogP contribution in [0.5, 0.6) is 0 Å². The molecule has 2 heterocycles. The first-order chi connectivity index (χ1) is 17.4. The zero-order valence-electron chi connectivity index (χ0n) is 18.9. The van der Waals surface area contributed by atoms with Gasteiger partial charge in [-0.05, 0) is 36.2 Å². The summed E-state index contributed by atoms with van der Waals surface area (Å²) in [6.07, 6.45) is 0.655. The number of rotatable bonds is 6. The SMILES string of the molecule is O=C(CN1C(=O)/C(=C2\SC(=S)N(CCc3ccccc3)C2=O)c2ccccc21)Nc1cccc(Br)c1. The Morgan fingerprint density at radius 1 is 0.917 bits per heavy atom. The summed E-state index contributed by atoms with van der Waals surface area (Å²) in [6.45, 7) is 0.250. The standard InChI is InChI=1S/C27H20BrN3O3S2/c28-18-9-6-10-19(15-18)29-22(32)16-31-21-12-5-4-11-20(21)23(25(31)33)24-26(34)30(27(35)36-24)14-13-17-7-2-1-3-8-17/h1-12,15H,13-14,16H2,(H,29,32)/b24-23-. The van der Waals surface area contributed by atoms with E-state index in [1.807, 2.05) is 48.5 Å². The molecule has 0 aromatic heterocycles. The van der Waals surface area contributed by atoms with E-state index < -0.39 is 0 Å². The summed E-state index contributed by atoms with van der Waals surface area (Å²) < 4.78 is 1.26. The second-order valence-corrected chi connectivity index (χ2v) is 10.8. The summed E-state index contributed by atoms with van der Waals surface area (Å²) >= 11 is 10.0. The number of hydrogen-bond donors (Lipinski definition) is 1. The van der Waals surface area contributed by atoms with Crippen LogP contribution in [-0.2, 0) is 20.8 Å². The van der Waals surface area contributed by atoms with Crippen molar-refractivity contribution in [3.63, 3.8) is 0 Å². The summed E-state index contributed by atoms with van der Waals surface area (Å²) in [5.41, 5.74) is 3.23. The van der Waals surface area contributed by atoms with Crippen molar-refractivity contribution in [1.82, 2.24) is 4.90 Å². The Labute approximate surface area is 226 Å². The van der Waals surface area contributed by atoms with E-state index >= 15 is 0 Å². The number of hydrogen-bond acceptors (Lipinski definition) is 5. The average molecular weight is 579 g/mol. The Morgan fingerprint density at radius 3 is 2.44 bits per heavy atom. The molecule has 9 heteroatoms. The third kappa shape index (κ3) is 4.86. The first kappa shape index (κ1) is 24.4. The highest BCUT2D eigenvalue weighted by atomic mass is 79.9. The van der Waals surface area contributed by atoms with Gasteiger partial charge in [0.1, 0.15) is 10.9 Å². The topological polar surface area (TPSA) is 69.7 Å². The number of thiocarbonyl (C=S) groups is 1. The van der Waals surface area contributed by atoms with Crippen molar-refractivity contribution in [2.24, 2.45) is 0 Å². The van der Waals surface area contributed by atoms with Crippen LogP contribution >= 0.6 is 39.9 Å². The van der Waals surface area contributed by atoms with Crippen LogP contribution in [0.4, 0.5) is 11.4 Å². The van der Waals surface area contributed by atoms with Gasteiger partial charge in [-0.2, -0.15) is 0 Å². The molecule has 0 radical (unpaired) electrons. The van der Waals surface area contributed by atoms with E-state index in [0.717, 1.165) is 21.8 Å². The van der Waals surface area contributed by atoms with Crippen molar-refractivity contribution in [1.29, 1.82) is 0 Å². The lowest BCUT2D eigenvalue weighted by Crippen LogP contribution is -2.35. The van der Waals surface area contributed by atoms with Gasteiger partial charge >= 0.3 is 0 Å². The summed E-state index contributed by atoms with van der Waals surface area (Å²) in [5, 5.41) is 2.82. The molecule has 0 saturated carbocycles. The average Bonchev–Trinajstić information content (AvgIpc) is 3.30. The number of fused-ring (bicyclic) bond motifs is 1. The van der Waals surface area contributed by atoms with Gasteiger partial charge in [0.05, 0.1) is 16.2 Å². The largest absolute Gasteiger partial charge is 0.324 e. The monoisotopic (exact) mass is 577 g/mol. The van der Waals surface area contributed by atoms with Crippen molar-refractivity contribution >= 4 is 78.9 Å². The molecule has 0 atom stereocenters. The van der Waals surface area contributed by atoms with Crippen LogP contribution < -0.4 is 10.2 Å². The van der Waals surface area contributed by atoms with Crippen molar-refractivity contribution in [2.75, 3.05) is 23.3 Å². The lowest BCUT2D eigenvalue weighted by Gasteiger charge is -2.17. The molecule has 0 unspecified atom stereocenters. The lowest BCUT2D eigenvalue weighted by atomic mass is 10.1. The van der Waals surface area contributed by atoms with E-state index in [2.05, 4.69) is 21.2 Å². The van der Waals surface area contributed by atoms with E-state index in [4.69, 9.17) is 12.2 Å². The van der Waals surface area contributed by atoms with Crippen LogP contribution in [0.15, 0.2) is 88.2 Å². The molecule has 1 saturated heterocycles. The minimum absolute atomic E-state index is 0.180. The molecule has 3 amide bonds. The highest BCUT2D eigenvalue weighted by Crippen LogP contribution is 2.44. The molecule has 5 rings (SSSR count). The van der Waals surface area contributed by atoms with E-state index in [1.54, 1.807) is 35.2 Å². The molecule has 180 valence electrons. The number of halogens is 1. The van der Waals surface area contributed by atoms with Gasteiger partial charge in [0.25, 0.3) is 11.8 Å². The maximum atomic E-state index is 13.6. The smallest absolute Gasteiger partial charge is 0.267 e. The quantitative estimate of drug-likeness (QED) is 0.320. The summed E-state index contributed by atoms with van der Waals surface area (Å²) in [7, 11) is 0. The Bertz CT molecular complexity index is 1420. The molecule has 0 aliphatic carbocycles. The first-order valence-corrected chi connectivity index (χ1v) is 13.2. The maximum Gasteiger partial charge on any atom is 0.267 e. The van der Waals surface area contributed by atoms with Crippen LogP contribution in [0.1, 0.15) is 11.1 Å². The fourth-order valence-electron chi connectivity index (χ4n) is 4.19. The molecule has 36 heavy (non-hydrogen) atoms. The second-order valence-electron chi connectivity index (χ2n) is 8.23. The van der Waals surface area contributed by atoms with Gasteiger partial charge in [-0.15, -0.1) is 0 Å². The van der Waals surface area contributed by atoms with Crippen LogP contribution in [0.25, 0.3) is 5.57 Å². The fraction of sp³-hybridized carbons (Fsp3) is 0.111. The molecule has 3 aromatic carbocycles. The Hall–Kier alpha value is -3.27. The van der Waals surface area contributed by atoms with Gasteiger partial charge in [-0.3, -0.25) is 24.2 Å². The van der Waals surface area contributed by atoms with Gasteiger partial charge in [-0.1, -0.05) is 94.5 Å². The number of nitrogens with one attached hydrogen (secondary N) is 1. The first-order valence-electron chi connectivity index (χ1n) is 11.2. The van der Waals surface area contributed by atoms with Gasteiger partial charge in [-0.25, -0.2) is 0 Å². The van der Waals surface area contributed by atoms with Crippen molar-refractivity contribution < 1.29 is 14.4 Å². The minimum atomic E-state index is -0.385. The summed E-state index contributed by atoms with van der Waals surface area (Å²) in [5.74, 6) is -1.00. The molecular formula is C27H20BrN3O3S2. The molecule has 1 fully saturated rings. The molecule has 0 bridgehead atoms. The van der Waals surface area contributed by atoms with Crippen LogP contribution in [-0.4, -0.2) is 40.0 Å². The minimum Gasteiger partial charge on any atom is -0.324 e. The van der Waals surface area contributed by atoms with Crippen LogP contribution in [0.3, 0.4) is 0 Å². The van der Waals surface area contributed by atoms with E-state index in [-0.39, 0.29) is 24.3 Å². The van der Waals surface area contributed by atoms with Gasteiger partial charge < -0.3 is 5.32 Å². The van der Waals surface area contributed by atoms with Crippen LogP contribution in [0, 0.1) is 0 Å². The highest BCUT2D eigenvalue weighted by Gasteiger charge is 2.42. The molecule has 2 aliphatic rings. The fourth-order valence-corrected chi connectivity index (χ4v) is 5.97. The second kappa shape index (κ2) is 10.4. The molecule has 2 aliphatic heterocycles. The molecule has 0 spiro atoms. The number of amides is 3. The van der Waals surface area contributed by atoms with Crippen molar-refractivity contribution in [3.05, 3.63) is 99.4 Å². The van der Waals surface area contributed by atoms with E-state index in [1.165, 1.54) is 4.90 Å². The van der Waals surface area contributed by atoms with Crippen LogP contribution in [0.2, 0.25) is 0 Å². The number of benzene rings is 3. The van der Waals surface area contributed by atoms with Gasteiger partial charge in [0.2, 0.25) is 5.91 Å². The number of para-hydroxylation sites is 1. The summed E-state index contributed by atoms with van der Waals surface area (Å²) in [6, 6.07) is 24.3. The normalized spacial score (nSPS) is 17.1. The zero-order valence-corrected chi connectivity index (χ0v) is 22.2.